The lowest BCUT2D eigenvalue weighted by atomic mass is 10.3. The summed E-state index contributed by atoms with van der Waals surface area (Å²) < 4.78 is 5.34. The van der Waals surface area contributed by atoms with Gasteiger partial charge in [0.15, 0.2) is 0 Å². The monoisotopic (exact) mass is 232 g/mol. The maximum atomic E-state index is 8.86. The molecular formula is C10H10Cl2O2. The molecule has 1 aromatic carbocycles. The van der Waals surface area contributed by atoms with Gasteiger partial charge in [-0.2, -0.15) is 0 Å². The van der Waals surface area contributed by atoms with Crippen LogP contribution in [0.2, 0.25) is 10.0 Å². The van der Waals surface area contributed by atoms with E-state index in [1.54, 1.807) is 18.2 Å². The number of aliphatic hydroxyl groups excluding tert-OH is 1. The van der Waals surface area contributed by atoms with Crippen LogP contribution >= 0.6 is 23.2 Å². The van der Waals surface area contributed by atoms with E-state index in [1.807, 2.05) is 0 Å². The normalized spacial score (nSPS) is 12.2. The summed E-state index contributed by atoms with van der Waals surface area (Å²) in [5, 5.41) is 9.85. The SMILES string of the molecule is C=CC(CO)Oc1cc(Cl)cc(Cl)c1. The molecule has 0 bridgehead atoms. The van der Waals surface area contributed by atoms with Crippen molar-refractivity contribution in [1.82, 2.24) is 0 Å². The summed E-state index contributed by atoms with van der Waals surface area (Å²) in [6.07, 6.45) is 1.07. The van der Waals surface area contributed by atoms with Crippen molar-refractivity contribution < 1.29 is 9.84 Å². The van der Waals surface area contributed by atoms with Crippen molar-refractivity contribution >= 4 is 23.2 Å². The minimum Gasteiger partial charge on any atom is -0.484 e. The van der Waals surface area contributed by atoms with Crippen molar-refractivity contribution in [3.8, 4) is 5.75 Å². The Labute approximate surface area is 92.7 Å². The molecule has 0 spiro atoms. The number of aliphatic hydroxyl groups is 1. The maximum Gasteiger partial charge on any atom is 0.140 e. The minimum atomic E-state index is -0.440. The first-order valence-electron chi connectivity index (χ1n) is 4.02. The van der Waals surface area contributed by atoms with E-state index in [0.717, 1.165) is 0 Å². The van der Waals surface area contributed by atoms with E-state index in [1.165, 1.54) is 6.08 Å². The highest BCUT2D eigenvalue weighted by Crippen LogP contribution is 2.24. The summed E-state index contributed by atoms with van der Waals surface area (Å²) in [6, 6.07) is 4.86. The Morgan fingerprint density at radius 3 is 2.36 bits per heavy atom. The number of rotatable bonds is 4. The third kappa shape index (κ3) is 3.22. The molecule has 1 aromatic rings. The molecule has 0 aliphatic heterocycles. The number of benzene rings is 1. The van der Waals surface area contributed by atoms with Crippen molar-refractivity contribution in [3.63, 3.8) is 0 Å². The van der Waals surface area contributed by atoms with Gasteiger partial charge in [0.05, 0.1) is 6.61 Å². The molecule has 1 rings (SSSR count). The zero-order valence-corrected chi connectivity index (χ0v) is 8.92. The quantitative estimate of drug-likeness (QED) is 0.810. The highest BCUT2D eigenvalue weighted by molar-refractivity contribution is 6.34. The van der Waals surface area contributed by atoms with Gasteiger partial charge in [-0.1, -0.05) is 29.8 Å². The second kappa shape index (κ2) is 5.25. The van der Waals surface area contributed by atoms with Crippen LogP contribution in [0, 0.1) is 0 Å². The van der Waals surface area contributed by atoms with Crippen LogP contribution < -0.4 is 4.74 Å². The molecule has 0 radical (unpaired) electrons. The summed E-state index contributed by atoms with van der Waals surface area (Å²) >= 11 is 11.5. The molecule has 0 heterocycles. The molecule has 14 heavy (non-hydrogen) atoms. The van der Waals surface area contributed by atoms with Gasteiger partial charge in [-0.05, 0) is 24.3 Å². The summed E-state index contributed by atoms with van der Waals surface area (Å²) in [6.45, 7) is 3.39. The second-order valence-corrected chi connectivity index (χ2v) is 3.55. The summed E-state index contributed by atoms with van der Waals surface area (Å²) in [4.78, 5) is 0. The fraction of sp³-hybridized carbons (Fsp3) is 0.200. The first kappa shape index (κ1) is 11.4. The predicted octanol–water partition coefficient (Wildman–Crippen LogP) is 2.92. The van der Waals surface area contributed by atoms with E-state index in [2.05, 4.69) is 6.58 Å². The average Bonchev–Trinajstić information content (AvgIpc) is 2.12. The van der Waals surface area contributed by atoms with Crippen molar-refractivity contribution in [3.05, 3.63) is 40.9 Å². The van der Waals surface area contributed by atoms with Crippen LogP contribution in [0.5, 0.6) is 5.75 Å². The lowest BCUT2D eigenvalue weighted by Crippen LogP contribution is -2.17. The number of halogens is 2. The molecule has 1 atom stereocenters. The predicted molar refractivity (Wildman–Crippen MR) is 58.2 cm³/mol. The molecule has 1 unspecified atom stereocenters. The standard InChI is InChI=1S/C10H10Cl2O2/c1-2-9(6-13)14-10-4-7(11)3-8(12)5-10/h2-5,9,13H,1,6H2. The topological polar surface area (TPSA) is 29.5 Å². The molecule has 0 aliphatic carbocycles. The van der Waals surface area contributed by atoms with Gasteiger partial charge in [-0.3, -0.25) is 0 Å². The van der Waals surface area contributed by atoms with Gasteiger partial charge >= 0.3 is 0 Å². The molecule has 0 fully saturated rings. The molecule has 0 saturated heterocycles. The van der Waals surface area contributed by atoms with Crippen LogP contribution in [0.1, 0.15) is 0 Å². The summed E-state index contributed by atoms with van der Waals surface area (Å²) in [7, 11) is 0. The third-order valence-corrected chi connectivity index (χ3v) is 2.00. The smallest absolute Gasteiger partial charge is 0.140 e. The van der Waals surface area contributed by atoms with Gasteiger partial charge in [0.2, 0.25) is 0 Å². The second-order valence-electron chi connectivity index (χ2n) is 2.68. The molecular weight excluding hydrogens is 223 g/mol. The lowest BCUT2D eigenvalue weighted by Gasteiger charge is -2.12. The number of hydrogen-bond donors (Lipinski definition) is 1. The van der Waals surface area contributed by atoms with Crippen LogP contribution in [-0.2, 0) is 0 Å². The molecule has 76 valence electrons. The Morgan fingerprint density at radius 2 is 1.93 bits per heavy atom. The fourth-order valence-electron chi connectivity index (χ4n) is 0.931. The maximum absolute atomic E-state index is 8.86. The van der Waals surface area contributed by atoms with E-state index < -0.39 is 6.10 Å². The minimum absolute atomic E-state index is 0.131. The van der Waals surface area contributed by atoms with Gasteiger partial charge in [-0.25, -0.2) is 0 Å². The zero-order valence-electron chi connectivity index (χ0n) is 7.41. The molecule has 0 amide bonds. The van der Waals surface area contributed by atoms with Gasteiger partial charge in [0.1, 0.15) is 11.9 Å². The van der Waals surface area contributed by atoms with Crippen LogP contribution in [0.4, 0.5) is 0 Å². The van der Waals surface area contributed by atoms with Crippen molar-refractivity contribution in [2.24, 2.45) is 0 Å². The Kier molecular flexibility index (Phi) is 4.26. The van der Waals surface area contributed by atoms with Gasteiger partial charge in [0, 0.05) is 10.0 Å². The number of hydrogen-bond acceptors (Lipinski definition) is 2. The third-order valence-electron chi connectivity index (χ3n) is 1.57. The molecule has 0 aliphatic rings. The van der Waals surface area contributed by atoms with E-state index in [4.69, 9.17) is 33.0 Å². The summed E-state index contributed by atoms with van der Waals surface area (Å²) in [5.41, 5.74) is 0. The van der Waals surface area contributed by atoms with E-state index in [0.29, 0.717) is 15.8 Å². The first-order valence-corrected chi connectivity index (χ1v) is 4.77. The highest BCUT2D eigenvalue weighted by atomic mass is 35.5. The zero-order chi connectivity index (χ0) is 10.6. The van der Waals surface area contributed by atoms with Crippen molar-refractivity contribution in [2.75, 3.05) is 6.61 Å². The van der Waals surface area contributed by atoms with Gasteiger partial charge < -0.3 is 9.84 Å². The molecule has 1 N–H and O–H groups in total. The molecule has 0 aromatic heterocycles. The van der Waals surface area contributed by atoms with Crippen LogP contribution in [-0.4, -0.2) is 17.8 Å². The van der Waals surface area contributed by atoms with E-state index in [-0.39, 0.29) is 6.61 Å². The fourth-order valence-corrected chi connectivity index (χ4v) is 1.44. The average molecular weight is 233 g/mol. The summed E-state index contributed by atoms with van der Waals surface area (Å²) in [5.74, 6) is 0.515. The van der Waals surface area contributed by atoms with Crippen LogP contribution in [0.3, 0.4) is 0 Å². The lowest BCUT2D eigenvalue weighted by molar-refractivity contribution is 0.150. The van der Waals surface area contributed by atoms with Crippen LogP contribution in [0.25, 0.3) is 0 Å². The van der Waals surface area contributed by atoms with Gasteiger partial charge in [0.25, 0.3) is 0 Å². The molecule has 4 heteroatoms. The largest absolute Gasteiger partial charge is 0.484 e. The Bertz CT molecular complexity index is 306. The Balaban J connectivity index is 2.80. The highest BCUT2D eigenvalue weighted by Gasteiger charge is 2.05. The van der Waals surface area contributed by atoms with E-state index >= 15 is 0 Å². The van der Waals surface area contributed by atoms with Gasteiger partial charge in [-0.15, -0.1) is 0 Å². The Morgan fingerprint density at radius 1 is 1.36 bits per heavy atom. The van der Waals surface area contributed by atoms with Crippen molar-refractivity contribution in [2.45, 2.75) is 6.10 Å². The van der Waals surface area contributed by atoms with Crippen molar-refractivity contribution in [1.29, 1.82) is 0 Å². The first-order chi connectivity index (χ1) is 6.65. The number of ether oxygens (including phenoxy) is 1. The van der Waals surface area contributed by atoms with Crippen LogP contribution in [0.15, 0.2) is 30.9 Å². The molecule has 0 saturated carbocycles. The molecule has 2 nitrogen and oxygen atoms in total. The van der Waals surface area contributed by atoms with E-state index in [9.17, 15) is 0 Å². The Hall–Kier alpha value is -0.700.